The van der Waals surface area contributed by atoms with Gasteiger partial charge in [-0.25, -0.2) is 13.4 Å². The van der Waals surface area contributed by atoms with Crippen molar-refractivity contribution in [1.29, 1.82) is 0 Å². The molecule has 7 heteroatoms. The minimum Gasteiger partial charge on any atom is -0.370 e. The number of nitrogens with two attached hydrogens (primary N) is 1. The maximum absolute atomic E-state index is 12.6. The number of nitrogens with zero attached hydrogens (tertiary/aromatic N) is 2. The second kappa shape index (κ2) is 9.41. The summed E-state index contributed by atoms with van der Waals surface area (Å²) >= 11 is 0. The first-order valence-corrected chi connectivity index (χ1v) is 11.7. The zero-order valence-corrected chi connectivity index (χ0v) is 18.0. The Labute approximate surface area is 173 Å². The molecule has 6 nitrogen and oxygen atoms in total. The van der Waals surface area contributed by atoms with E-state index in [2.05, 4.69) is 42.4 Å². The molecule has 1 aliphatic rings. The zero-order chi connectivity index (χ0) is 20.9. The molecule has 0 aliphatic carbocycles. The van der Waals surface area contributed by atoms with Crippen molar-refractivity contribution in [3.63, 3.8) is 0 Å². The number of anilines is 1. The Balaban J connectivity index is 1.69. The molecule has 2 aromatic rings. The summed E-state index contributed by atoms with van der Waals surface area (Å²) in [5.74, 6) is 0.356. The molecule has 1 heterocycles. The summed E-state index contributed by atoms with van der Waals surface area (Å²) in [4.78, 5) is 4.77. The molecule has 0 spiro atoms. The summed E-state index contributed by atoms with van der Waals surface area (Å²) < 4.78 is 26.8. The van der Waals surface area contributed by atoms with Crippen LogP contribution >= 0.6 is 0 Å². The number of guanidine groups is 1. The predicted octanol–water partition coefficient (Wildman–Crippen LogP) is 3.52. The fourth-order valence-electron chi connectivity index (χ4n) is 3.59. The number of hydrogen-bond acceptors (Lipinski definition) is 3. The number of benzene rings is 2. The molecule has 29 heavy (non-hydrogen) atoms. The second-order valence-corrected chi connectivity index (χ2v) is 9.18. The molecule has 0 radical (unpaired) electrons. The summed E-state index contributed by atoms with van der Waals surface area (Å²) in [6.07, 6.45) is 3.69. The summed E-state index contributed by atoms with van der Waals surface area (Å²) in [5, 5.41) is 3.25. The van der Waals surface area contributed by atoms with Crippen LogP contribution in [0.1, 0.15) is 43.4 Å². The molecular formula is C22H30N4O2S. The summed E-state index contributed by atoms with van der Waals surface area (Å²) in [7, 11) is -3.38. The molecule has 3 N–H and O–H groups in total. The highest BCUT2D eigenvalue weighted by Crippen LogP contribution is 2.23. The van der Waals surface area contributed by atoms with Gasteiger partial charge in [-0.15, -0.1) is 0 Å². The Morgan fingerprint density at radius 3 is 2.17 bits per heavy atom. The molecule has 0 aromatic heterocycles. The minimum atomic E-state index is -3.38. The smallest absolute Gasteiger partial charge is 0.243 e. The molecule has 0 bridgehead atoms. The molecular weight excluding hydrogens is 384 g/mol. The molecule has 0 atom stereocenters. The van der Waals surface area contributed by atoms with Crippen molar-refractivity contribution in [1.82, 2.24) is 4.31 Å². The normalized spacial score (nSPS) is 15.6. The van der Waals surface area contributed by atoms with Crippen molar-refractivity contribution in [2.24, 2.45) is 10.7 Å². The van der Waals surface area contributed by atoms with E-state index in [0.29, 0.717) is 30.5 Å². The fraction of sp³-hybridized carbons (Fsp3) is 0.409. The average molecular weight is 415 g/mol. The molecule has 1 fully saturated rings. The van der Waals surface area contributed by atoms with Crippen molar-refractivity contribution in [3.05, 3.63) is 59.2 Å². The maximum Gasteiger partial charge on any atom is 0.243 e. The highest BCUT2D eigenvalue weighted by atomic mass is 32.2. The molecule has 0 unspecified atom stereocenters. The van der Waals surface area contributed by atoms with Gasteiger partial charge in [0.25, 0.3) is 0 Å². The van der Waals surface area contributed by atoms with Crippen molar-refractivity contribution >= 4 is 21.7 Å². The number of hydrogen-bond donors (Lipinski definition) is 2. The minimum absolute atomic E-state index is 0.336. The van der Waals surface area contributed by atoms with Crippen molar-refractivity contribution in [2.45, 2.75) is 51.0 Å². The topological polar surface area (TPSA) is 87.8 Å². The lowest BCUT2D eigenvalue weighted by Crippen LogP contribution is -2.27. The Morgan fingerprint density at radius 2 is 1.62 bits per heavy atom. The molecule has 156 valence electrons. The van der Waals surface area contributed by atoms with E-state index in [1.54, 1.807) is 28.6 Å². The summed E-state index contributed by atoms with van der Waals surface area (Å²) in [6, 6.07) is 13.2. The number of sulfonamides is 1. The van der Waals surface area contributed by atoms with E-state index in [0.717, 1.165) is 36.9 Å². The van der Waals surface area contributed by atoms with Crippen LogP contribution in [0.5, 0.6) is 0 Å². The van der Waals surface area contributed by atoms with E-state index in [4.69, 9.17) is 5.73 Å². The molecule has 1 saturated heterocycles. The van der Waals surface area contributed by atoms with E-state index < -0.39 is 10.0 Å². The van der Waals surface area contributed by atoms with Crippen molar-refractivity contribution in [3.8, 4) is 0 Å². The van der Waals surface area contributed by atoms with Gasteiger partial charge in [0.1, 0.15) is 0 Å². The van der Waals surface area contributed by atoms with Crippen LogP contribution in [0.15, 0.2) is 52.4 Å². The van der Waals surface area contributed by atoms with Gasteiger partial charge in [-0.05, 0) is 54.5 Å². The van der Waals surface area contributed by atoms with E-state index in [9.17, 15) is 8.42 Å². The molecule has 1 aliphatic heterocycles. The standard InChI is InChI=1S/C22H30N4O2S/c1-3-18-8-7-9-19(4-2)21(18)25-22(23)24-16-17-10-12-20(13-11-17)29(27,28)26-14-5-6-15-26/h7-13H,3-6,14-16H2,1-2H3,(H3,23,24,25). The van der Waals surface area contributed by atoms with Gasteiger partial charge in [0.15, 0.2) is 5.96 Å². The second-order valence-electron chi connectivity index (χ2n) is 7.24. The van der Waals surface area contributed by atoms with Crippen LogP contribution in [-0.2, 0) is 29.4 Å². The molecule has 0 saturated carbocycles. The lowest BCUT2D eigenvalue weighted by atomic mass is 10.0. The number of aryl methyl sites for hydroxylation is 2. The first kappa shape index (κ1) is 21.3. The van der Waals surface area contributed by atoms with Gasteiger partial charge in [-0.1, -0.05) is 44.2 Å². The van der Waals surface area contributed by atoms with E-state index in [-0.39, 0.29) is 0 Å². The zero-order valence-electron chi connectivity index (χ0n) is 17.2. The Morgan fingerprint density at radius 1 is 1.03 bits per heavy atom. The first-order chi connectivity index (χ1) is 14.0. The predicted molar refractivity (Wildman–Crippen MR) is 119 cm³/mol. The van der Waals surface area contributed by atoms with Gasteiger partial charge in [-0.2, -0.15) is 4.31 Å². The number of aliphatic imine (C=N–C) groups is 1. The van der Waals surface area contributed by atoms with Crippen LogP contribution in [0.4, 0.5) is 5.69 Å². The van der Waals surface area contributed by atoms with Gasteiger partial charge < -0.3 is 11.1 Å². The van der Waals surface area contributed by atoms with Crippen LogP contribution in [0.2, 0.25) is 0 Å². The average Bonchev–Trinajstić information content (AvgIpc) is 3.28. The largest absolute Gasteiger partial charge is 0.370 e. The van der Waals surface area contributed by atoms with E-state index >= 15 is 0 Å². The third kappa shape index (κ3) is 4.97. The number of rotatable bonds is 7. The fourth-order valence-corrected chi connectivity index (χ4v) is 5.11. The summed E-state index contributed by atoms with van der Waals surface area (Å²) in [6.45, 7) is 5.83. The quantitative estimate of drug-likeness (QED) is 0.536. The van der Waals surface area contributed by atoms with Gasteiger partial charge >= 0.3 is 0 Å². The molecule has 3 rings (SSSR count). The highest BCUT2D eigenvalue weighted by Gasteiger charge is 2.26. The van der Waals surface area contributed by atoms with Crippen molar-refractivity contribution < 1.29 is 8.42 Å². The third-order valence-corrected chi connectivity index (χ3v) is 7.22. The maximum atomic E-state index is 12.6. The Bertz CT molecular complexity index is 941. The Hall–Kier alpha value is -2.38. The lowest BCUT2D eigenvalue weighted by molar-refractivity contribution is 0.477. The van der Waals surface area contributed by atoms with Crippen LogP contribution in [-0.4, -0.2) is 31.8 Å². The van der Waals surface area contributed by atoms with Crippen LogP contribution in [0, 0.1) is 0 Å². The van der Waals surface area contributed by atoms with Crippen LogP contribution in [0.3, 0.4) is 0 Å². The molecule has 0 amide bonds. The Kier molecular flexibility index (Phi) is 6.92. The number of para-hydroxylation sites is 1. The molecule has 2 aromatic carbocycles. The van der Waals surface area contributed by atoms with E-state index in [1.807, 2.05) is 0 Å². The lowest BCUT2D eigenvalue weighted by Gasteiger charge is -2.16. The van der Waals surface area contributed by atoms with Gasteiger partial charge in [0, 0.05) is 18.8 Å². The van der Waals surface area contributed by atoms with Crippen LogP contribution < -0.4 is 11.1 Å². The highest BCUT2D eigenvalue weighted by molar-refractivity contribution is 7.89. The summed E-state index contributed by atoms with van der Waals surface area (Å²) in [5.41, 5.74) is 10.5. The van der Waals surface area contributed by atoms with Crippen molar-refractivity contribution in [2.75, 3.05) is 18.4 Å². The first-order valence-electron chi connectivity index (χ1n) is 10.2. The van der Waals surface area contributed by atoms with Gasteiger partial charge in [0.2, 0.25) is 10.0 Å². The third-order valence-electron chi connectivity index (χ3n) is 5.31. The SMILES string of the molecule is CCc1cccc(CC)c1NC(N)=NCc1ccc(S(=O)(=O)N2CCCC2)cc1. The monoisotopic (exact) mass is 414 g/mol. The van der Waals surface area contributed by atoms with Gasteiger partial charge in [-0.3, -0.25) is 0 Å². The van der Waals surface area contributed by atoms with Gasteiger partial charge in [0.05, 0.1) is 11.4 Å². The van der Waals surface area contributed by atoms with Crippen LogP contribution in [0.25, 0.3) is 0 Å². The number of nitrogens with one attached hydrogen (secondary N) is 1. The van der Waals surface area contributed by atoms with E-state index in [1.165, 1.54) is 11.1 Å².